The number of carbonyl (C=O) groups is 1. The molecule has 0 radical (unpaired) electrons. The fraction of sp³-hybridized carbons (Fsp3) is 0.188. The summed E-state index contributed by atoms with van der Waals surface area (Å²) in [7, 11) is 1.77. The molecular formula is C16H16FNO2. The van der Waals surface area contributed by atoms with E-state index in [4.69, 9.17) is 5.11 Å². The molecule has 0 saturated carbocycles. The third-order valence-electron chi connectivity index (χ3n) is 3.20. The molecule has 2 aromatic rings. The lowest BCUT2D eigenvalue weighted by molar-refractivity contribution is 0.0692. The molecule has 0 bridgehead atoms. The van der Waals surface area contributed by atoms with Crippen molar-refractivity contribution in [2.24, 2.45) is 0 Å². The first kappa shape index (κ1) is 14.1. The zero-order valence-electron chi connectivity index (χ0n) is 11.2. The highest BCUT2D eigenvalue weighted by Gasteiger charge is 2.18. The number of rotatable bonds is 5. The van der Waals surface area contributed by atoms with E-state index in [1.807, 2.05) is 30.3 Å². The molecule has 0 unspecified atom stereocenters. The lowest BCUT2D eigenvalue weighted by Gasteiger charge is -2.21. The number of benzene rings is 2. The minimum absolute atomic E-state index is 0.275. The van der Waals surface area contributed by atoms with Gasteiger partial charge in [0.2, 0.25) is 0 Å². The summed E-state index contributed by atoms with van der Waals surface area (Å²) in [4.78, 5) is 12.9. The highest BCUT2D eigenvalue weighted by molar-refractivity contribution is 5.94. The van der Waals surface area contributed by atoms with E-state index in [0.717, 1.165) is 18.1 Å². The maximum absolute atomic E-state index is 13.6. The average Bonchev–Trinajstić information content (AvgIpc) is 2.45. The van der Waals surface area contributed by atoms with Gasteiger partial charge in [0, 0.05) is 13.6 Å². The molecule has 0 amide bonds. The van der Waals surface area contributed by atoms with Crippen LogP contribution in [0.2, 0.25) is 0 Å². The standard InChI is InChI=1S/C16H16FNO2/c1-18(11-10-12-6-3-2-4-7-12)14-9-5-8-13(17)15(14)16(19)20/h2-9H,10-11H2,1H3,(H,19,20). The van der Waals surface area contributed by atoms with Crippen LogP contribution in [0.25, 0.3) is 0 Å². The summed E-state index contributed by atoms with van der Waals surface area (Å²) in [5.74, 6) is -1.95. The fourth-order valence-corrected chi connectivity index (χ4v) is 2.10. The van der Waals surface area contributed by atoms with Crippen LogP contribution in [0.3, 0.4) is 0 Å². The molecule has 4 heteroatoms. The number of nitrogens with zero attached hydrogens (tertiary/aromatic N) is 1. The summed E-state index contributed by atoms with van der Waals surface area (Å²) in [6.07, 6.45) is 0.771. The van der Waals surface area contributed by atoms with E-state index >= 15 is 0 Å². The van der Waals surface area contributed by atoms with Crippen LogP contribution in [0.1, 0.15) is 15.9 Å². The lowest BCUT2D eigenvalue weighted by Crippen LogP contribution is -2.23. The number of likely N-dealkylation sites (N-methyl/N-ethyl adjacent to an activating group) is 1. The molecule has 0 aliphatic carbocycles. The fourth-order valence-electron chi connectivity index (χ4n) is 2.10. The van der Waals surface area contributed by atoms with Gasteiger partial charge < -0.3 is 10.0 Å². The molecule has 0 fully saturated rings. The molecule has 0 aromatic heterocycles. The first-order chi connectivity index (χ1) is 9.59. The Labute approximate surface area is 117 Å². The maximum Gasteiger partial charge on any atom is 0.340 e. The van der Waals surface area contributed by atoms with Gasteiger partial charge in [-0.25, -0.2) is 9.18 Å². The van der Waals surface area contributed by atoms with Crippen molar-refractivity contribution in [1.29, 1.82) is 0 Å². The summed E-state index contributed by atoms with van der Waals surface area (Å²) < 4.78 is 13.6. The van der Waals surface area contributed by atoms with E-state index in [2.05, 4.69) is 0 Å². The van der Waals surface area contributed by atoms with E-state index in [1.54, 1.807) is 18.0 Å². The first-order valence-corrected chi connectivity index (χ1v) is 6.36. The molecule has 0 aliphatic rings. The van der Waals surface area contributed by atoms with Crippen LogP contribution in [0, 0.1) is 5.82 Å². The van der Waals surface area contributed by atoms with E-state index in [1.165, 1.54) is 6.07 Å². The van der Waals surface area contributed by atoms with Crippen LogP contribution in [0.15, 0.2) is 48.5 Å². The zero-order chi connectivity index (χ0) is 14.5. The molecule has 0 atom stereocenters. The molecule has 3 nitrogen and oxygen atoms in total. The molecule has 104 valence electrons. The molecule has 0 spiro atoms. The second-order valence-corrected chi connectivity index (χ2v) is 4.60. The molecule has 0 aliphatic heterocycles. The lowest BCUT2D eigenvalue weighted by atomic mass is 10.1. The number of hydrogen-bond acceptors (Lipinski definition) is 2. The number of anilines is 1. The van der Waals surface area contributed by atoms with Crippen LogP contribution in [0.4, 0.5) is 10.1 Å². The van der Waals surface area contributed by atoms with Crippen molar-refractivity contribution >= 4 is 11.7 Å². The van der Waals surface area contributed by atoms with Gasteiger partial charge in [0.1, 0.15) is 11.4 Å². The van der Waals surface area contributed by atoms with E-state index < -0.39 is 11.8 Å². The van der Waals surface area contributed by atoms with Gasteiger partial charge >= 0.3 is 5.97 Å². The minimum atomic E-state index is -1.25. The van der Waals surface area contributed by atoms with Crippen molar-refractivity contribution in [2.45, 2.75) is 6.42 Å². The van der Waals surface area contributed by atoms with Gasteiger partial charge in [-0.05, 0) is 24.1 Å². The van der Waals surface area contributed by atoms with Crippen molar-refractivity contribution in [3.8, 4) is 0 Å². The Morgan fingerprint density at radius 2 is 1.85 bits per heavy atom. The van der Waals surface area contributed by atoms with Crippen molar-refractivity contribution in [3.05, 3.63) is 65.5 Å². The predicted molar refractivity (Wildman–Crippen MR) is 76.8 cm³/mol. The molecule has 0 saturated heterocycles. The van der Waals surface area contributed by atoms with Gasteiger partial charge in [-0.3, -0.25) is 0 Å². The minimum Gasteiger partial charge on any atom is -0.478 e. The SMILES string of the molecule is CN(CCc1ccccc1)c1cccc(F)c1C(=O)O. The average molecular weight is 273 g/mol. The monoisotopic (exact) mass is 273 g/mol. The highest BCUT2D eigenvalue weighted by atomic mass is 19.1. The Morgan fingerprint density at radius 1 is 1.15 bits per heavy atom. The summed E-state index contributed by atoms with van der Waals surface area (Å²) in [5, 5.41) is 9.11. The normalized spacial score (nSPS) is 10.3. The number of aromatic carboxylic acids is 1. The van der Waals surface area contributed by atoms with Gasteiger partial charge in [0.25, 0.3) is 0 Å². The predicted octanol–water partition coefficient (Wildman–Crippen LogP) is 3.20. The van der Waals surface area contributed by atoms with E-state index in [0.29, 0.717) is 12.2 Å². The van der Waals surface area contributed by atoms with Gasteiger partial charge in [0.05, 0.1) is 5.69 Å². The van der Waals surface area contributed by atoms with Crippen LogP contribution in [0.5, 0.6) is 0 Å². The molecule has 2 rings (SSSR count). The number of carboxylic acid groups (broad SMARTS) is 1. The van der Waals surface area contributed by atoms with Crippen LogP contribution in [-0.4, -0.2) is 24.7 Å². The Hall–Kier alpha value is -2.36. The largest absolute Gasteiger partial charge is 0.478 e. The molecule has 1 N–H and O–H groups in total. The van der Waals surface area contributed by atoms with Crippen LogP contribution in [-0.2, 0) is 6.42 Å². The summed E-state index contributed by atoms with van der Waals surface area (Å²) >= 11 is 0. The summed E-state index contributed by atoms with van der Waals surface area (Å²) in [5.41, 5.74) is 1.28. The van der Waals surface area contributed by atoms with Gasteiger partial charge in [-0.1, -0.05) is 36.4 Å². The van der Waals surface area contributed by atoms with E-state index in [9.17, 15) is 9.18 Å². The van der Waals surface area contributed by atoms with Crippen molar-refractivity contribution in [2.75, 3.05) is 18.5 Å². The highest BCUT2D eigenvalue weighted by Crippen LogP contribution is 2.22. The smallest absolute Gasteiger partial charge is 0.340 e. The number of carboxylic acids is 1. The topological polar surface area (TPSA) is 40.5 Å². The number of hydrogen-bond donors (Lipinski definition) is 1. The van der Waals surface area contributed by atoms with E-state index in [-0.39, 0.29) is 5.56 Å². The van der Waals surface area contributed by atoms with Crippen LogP contribution >= 0.6 is 0 Å². The van der Waals surface area contributed by atoms with Crippen molar-refractivity contribution in [3.63, 3.8) is 0 Å². The second-order valence-electron chi connectivity index (χ2n) is 4.60. The molecule has 0 heterocycles. The Bertz CT molecular complexity index is 599. The third kappa shape index (κ3) is 3.15. The summed E-state index contributed by atoms with van der Waals surface area (Å²) in [6, 6.07) is 14.2. The zero-order valence-corrected chi connectivity index (χ0v) is 11.2. The van der Waals surface area contributed by atoms with Gasteiger partial charge in [-0.15, -0.1) is 0 Å². The first-order valence-electron chi connectivity index (χ1n) is 6.36. The summed E-state index contributed by atoms with van der Waals surface area (Å²) in [6.45, 7) is 0.619. The molecule has 20 heavy (non-hydrogen) atoms. The Balaban J connectivity index is 2.15. The molecular weight excluding hydrogens is 257 g/mol. The van der Waals surface area contributed by atoms with Crippen LogP contribution < -0.4 is 4.90 Å². The second kappa shape index (κ2) is 6.19. The van der Waals surface area contributed by atoms with Gasteiger partial charge in [-0.2, -0.15) is 0 Å². The maximum atomic E-state index is 13.6. The Kier molecular flexibility index (Phi) is 4.35. The van der Waals surface area contributed by atoms with Crippen molar-refractivity contribution < 1.29 is 14.3 Å². The number of halogens is 1. The Morgan fingerprint density at radius 3 is 2.50 bits per heavy atom. The quantitative estimate of drug-likeness (QED) is 0.909. The third-order valence-corrected chi connectivity index (χ3v) is 3.20. The van der Waals surface area contributed by atoms with Gasteiger partial charge in [0.15, 0.2) is 0 Å². The molecule has 2 aromatic carbocycles. The van der Waals surface area contributed by atoms with Crippen molar-refractivity contribution in [1.82, 2.24) is 0 Å².